The molecule has 0 atom stereocenters. The molecule has 2 aromatic heterocycles. The number of nitrogens with one attached hydrogen (secondary N) is 1. The minimum Gasteiger partial charge on any atom is -0.325 e. The van der Waals surface area contributed by atoms with E-state index in [4.69, 9.17) is 5.10 Å². The van der Waals surface area contributed by atoms with Gasteiger partial charge >= 0.3 is 0 Å². The number of amides is 1. The molecule has 3 aromatic carbocycles. The van der Waals surface area contributed by atoms with Crippen LogP contribution in [0.15, 0.2) is 102 Å². The van der Waals surface area contributed by atoms with Crippen molar-refractivity contribution in [3.8, 4) is 16.8 Å². The summed E-state index contributed by atoms with van der Waals surface area (Å²) in [6.45, 7) is 1.80. The van der Waals surface area contributed by atoms with Gasteiger partial charge in [-0.05, 0) is 42.3 Å². The van der Waals surface area contributed by atoms with Crippen LogP contribution in [-0.4, -0.2) is 20.3 Å². The molecule has 5 rings (SSSR count). The SMILES string of the molecule is Cc1nn(-c2ccccc2)c2c1c(-c1ccccc1)cc(=O)n2CC(=O)Nc1ccccc1. The van der Waals surface area contributed by atoms with E-state index in [1.807, 2.05) is 97.9 Å². The quantitative estimate of drug-likeness (QED) is 0.432. The van der Waals surface area contributed by atoms with E-state index in [1.54, 1.807) is 10.7 Å². The predicted molar refractivity (Wildman–Crippen MR) is 131 cm³/mol. The molecule has 5 aromatic rings. The van der Waals surface area contributed by atoms with Crippen LogP contribution >= 0.6 is 0 Å². The fraction of sp³-hybridized carbons (Fsp3) is 0.0741. The number of rotatable bonds is 5. The third-order valence-corrected chi connectivity index (χ3v) is 5.54. The average Bonchev–Trinajstić information content (AvgIpc) is 3.19. The first-order valence-electron chi connectivity index (χ1n) is 10.7. The molecule has 2 heterocycles. The highest BCUT2D eigenvalue weighted by molar-refractivity contribution is 5.97. The number of pyridine rings is 1. The number of carbonyl (C=O) groups excluding carboxylic acids is 1. The van der Waals surface area contributed by atoms with Gasteiger partial charge in [0.15, 0.2) is 0 Å². The van der Waals surface area contributed by atoms with Crippen molar-refractivity contribution < 1.29 is 4.79 Å². The lowest BCUT2D eigenvalue weighted by molar-refractivity contribution is -0.116. The summed E-state index contributed by atoms with van der Waals surface area (Å²) in [6.07, 6.45) is 0. The van der Waals surface area contributed by atoms with Crippen molar-refractivity contribution in [2.45, 2.75) is 13.5 Å². The van der Waals surface area contributed by atoms with Gasteiger partial charge in [-0.25, -0.2) is 4.68 Å². The van der Waals surface area contributed by atoms with Crippen LogP contribution in [0.2, 0.25) is 0 Å². The molecule has 33 heavy (non-hydrogen) atoms. The Morgan fingerprint density at radius 1 is 0.879 bits per heavy atom. The summed E-state index contributed by atoms with van der Waals surface area (Å²) in [4.78, 5) is 26.2. The Hall–Kier alpha value is -4.45. The highest BCUT2D eigenvalue weighted by Gasteiger charge is 2.21. The zero-order chi connectivity index (χ0) is 22.8. The number of hydrogen-bond donors (Lipinski definition) is 1. The van der Waals surface area contributed by atoms with Gasteiger partial charge in [-0.2, -0.15) is 5.10 Å². The molecule has 162 valence electrons. The van der Waals surface area contributed by atoms with Gasteiger partial charge in [-0.3, -0.25) is 14.2 Å². The maximum Gasteiger partial charge on any atom is 0.253 e. The second-order valence-corrected chi connectivity index (χ2v) is 7.79. The predicted octanol–water partition coefficient (Wildman–Crippen LogP) is 4.80. The summed E-state index contributed by atoms with van der Waals surface area (Å²) in [5.74, 6) is -0.282. The fourth-order valence-corrected chi connectivity index (χ4v) is 4.07. The zero-order valence-electron chi connectivity index (χ0n) is 18.1. The summed E-state index contributed by atoms with van der Waals surface area (Å²) in [7, 11) is 0. The molecule has 6 heteroatoms. The van der Waals surface area contributed by atoms with E-state index in [0.29, 0.717) is 11.3 Å². The smallest absolute Gasteiger partial charge is 0.253 e. The number of hydrogen-bond acceptors (Lipinski definition) is 3. The summed E-state index contributed by atoms with van der Waals surface area (Å²) < 4.78 is 3.24. The summed E-state index contributed by atoms with van der Waals surface area (Å²) >= 11 is 0. The highest BCUT2D eigenvalue weighted by Crippen LogP contribution is 2.31. The van der Waals surface area contributed by atoms with Crippen molar-refractivity contribution in [3.63, 3.8) is 0 Å². The Balaban J connectivity index is 1.71. The van der Waals surface area contributed by atoms with Crippen LogP contribution in [0, 0.1) is 6.92 Å². The third kappa shape index (κ3) is 3.94. The molecule has 0 aliphatic heterocycles. The topological polar surface area (TPSA) is 68.9 Å². The largest absolute Gasteiger partial charge is 0.325 e. The standard InChI is InChI=1S/C27H22N4O2/c1-19-26-23(20-11-5-2-6-12-20)17-25(33)30(18-24(32)28-21-13-7-3-8-14-21)27(26)31(29-19)22-15-9-4-10-16-22/h2-17H,18H2,1H3,(H,28,32). The number of nitrogens with zero attached hydrogens (tertiary/aromatic N) is 3. The van der Waals surface area contributed by atoms with Gasteiger partial charge in [0.1, 0.15) is 12.2 Å². The third-order valence-electron chi connectivity index (χ3n) is 5.54. The van der Waals surface area contributed by atoms with Crippen molar-refractivity contribution in [3.05, 3.63) is 113 Å². The molecular weight excluding hydrogens is 412 g/mol. The monoisotopic (exact) mass is 434 g/mol. The molecule has 0 aliphatic rings. The van der Waals surface area contributed by atoms with Gasteiger partial charge in [0.25, 0.3) is 5.56 Å². The van der Waals surface area contributed by atoms with Crippen molar-refractivity contribution >= 4 is 22.6 Å². The van der Waals surface area contributed by atoms with Gasteiger partial charge in [0.05, 0.1) is 11.4 Å². The molecule has 6 nitrogen and oxygen atoms in total. The van der Waals surface area contributed by atoms with Crippen LogP contribution in [0.5, 0.6) is 0 Å². The van der Waals surface area contributed by atoms with Gasteiger partial charge in [-0.1, -0.05) is 66.7 Å². The molecule has 0 bridgehead atoms. The summed E-state index contributed by atoms with van der Waals surface area (Å²) in [6, 6.07) is 30.2. The fourth-order valence-electron chi connectivity index (χ4n) is 4.07. The Bertz CT molecular complexity index is 1490. The van der Waals surface area contributed by atoms with Gasteiger partial charge in [0, 0.05) is 17.1 Å². The van der Waals surface area contributed by atoms with E-state index >= 15 is 0 Å². The highest BCUT2D eigenvalue weighted by atomic mass is 16.2. The molecule has 0 saturated heterocycles. The molecule has 1 N–H and O–H groups in total. The summed E-state index contributed by atoms with van der Waals surface area (Å²) in [5, 5.41) is 8.48. The first-order valence-corrected chi connectivity index (χ1v) is 10.7. The molecule has 1 amide bonds. The van der Waals surface area contributed by atoms with Gasteiger partial charge in [0.2, 0.25) is 5.91 Å². The van der Waals surface area contributed by atoms with Crippen molar-refractivity contribution in [1.82, 2.24) is 14.3 Å². The molecule has 0 spiro atoms. The van der Waals surface area contributed by atoms with E-state index in [9.17, 15) is 9.59 Å². The van der Waals surface area contributed by atoms with Crippen molar-refractivity contribution in [2.75, 3.05) is 5.32 Å². The Kier molecular flexibility index (Phi) is 5.32. The number of para-hydroxylation sites is 2. The number of aromatic nitrogens is 3. The van der Waals surface area contributed by atoms with Gasteiger partial charge in [-0.15, -0.1) is 0 Å². The van der Waals surface area contributed by atoms with Crippen LogP contribution in [0.4, 0.5) is 5.69 Å². The lowest BCUT2D eigenvalue weighted by atomic mass is 10.0. The lowest BCUT2D eigenvalue weighted by Crippen LogP contribution is -2.28. The zero-order valence-corrected chi connectivity index (χ0v) is 18.1. The lowest BCUT2D eigenvalue weighted by Gasteiger charge is -2.14. The molecule has 0 radical (unpaired) electrons. The summed E-state index contributed by atoms with van der Waals surface area (Å²) in [5.41, 5.74) is 4.34. The first-order chi connectivity index (χ1) is 16.1. The first kappa shape index (κ1) is 20.5. The molecule has 0 aliphatic carbocycles. The molecule has 0 fully saturated rings. The molecule has 0 unspecified atom stereocenters. The van der Waals surface area contributed by atoms with Crippen LogP contribution in [0.1, 0.15) is 5.69 Å². The number of anilines is 1. The van der Waals surface area contributed by atoms with Crippen molar-refractivity contribution in [2.24, 2.45) is 0 Å². The second kappa shape index (κ2) is 8.59. The minimum atomic E-state index is -0.282. The maximum atomic E-state index is 13.3. The van der Waals surface area contributed by atoms with Crippen molar-refractivity contribution in [1.29, 1.82) is 0 Å². The number of aryl methyl sites for hydroxylation is 1. The van der Waals surface area contributed by atoms with Crippen LogP contribution in [0.25, 0.3) is 27.8 Å². The van der Waals surface area contributed by atoms with Crippen LogP contribution < -0.4 is 10.9 Å². The average molecular weight is 434 g/mol. The maximum absolute atomic E-state index is 13.3. The molecule has 0 saturated carbocycles. The normalized spacial score (nSPS) is 10.9. The Labute approximate surface area is 190 Å². The Morgan fingerprint density at radius 2 is 1.48 bits per heavy atom. The number of fused-ring (bicyclic) bond motifs is 1. The van der Waals surface area contributed by atoms with E-state index in [-0.39, 0.29) is 18.0 Å². The van der Waals surface area contributed by atoms with E-state index in [0.717, 1.165) is 27.9 Å². The van der Waals surface area contributed by atoms with E-state index in [2.05, 4.69) is 5.32 Å². The molecular formula is C27H22N4O2. The second-order valence-electron chi connectivity index (χ2n) is 7.79. The van der Waals surface area contributed by atoms with Crippen LogP contribution in [-0.2, 0) is 11.3 Å². The van der Waals surface area contributed by atoms with Crippen LogP contribution in [0.3, 0.4) is 0 Å². The van der Waals surface area contributed by atoms with E-state index < -0.39 is 0 Å². The Morgan fingerprint density at radius 3 is 2.15 bits per heavy atom. The number of carbonyl (C=O) groups is 1. The number of benzene rings is 3. The van der Waals surface area contributed by atoms with Gasteiger partial charge < -0.3 is 5.32 Å². The van der Waals surface area contributed by atoms with E-state index in [1.165, 1.54) is 4.57 Å². The minimum absolute atomic E-state index is 0.128.